The highest BCUT2D eigenvalue weighted by atomic mass is 16.1. The maximum atomic E-state index is 11.3. The van der Waals surface area contributed by atoms with Gasteiger partial charge in [0.05, 0.1) is 0 Å². The quantitative estimate of drug-likeness (QED) is 0.513. The number of carbonyl (C=O) groups is 1. The third-order valence-corrected chi connectivity index (χ3v) is 4.25. The standard InChI is InChI=1S/C10H12O/c1-9-4-2-5-10(9)6-3-7(11)8(9)10/h3,6,8H,2,4-5H2,1H3. The van der Waals surface area contributed by atoms with Crippen LogP contribution in [0.3, 0.4) is 0 Å². The topological polar surface area (TPSA) is 17.1 Å². The number of hydrogen-bond acceptors (Lipinski definition) is 1. The van der Waals surface area contributed by atoms with Crippen LogP contribution in [0.4, 0.5) is 0 Å². The summed E-state index contributed by atoms with van der Waals surface area (Å²) in [4.78, 5) is 11.3. The molecule has 58 valence electrons. The van der Waals surface area contributed by atoms with E-state index in [1.165, 1.54) is 19.3 Å². The van der Waals surface area contributed by atoms with Crippen LogP contribution in [0.1, 0.15) is 26.2 Å². The molecule has 3 unspecified atom stereocenters. The zero-order valence-electron chi connectivity index (χ0n) is 6.76. The summed E-state index contributed by atoms with van der Waals surface area (Å²) >= 11 is 0. The first-order valence-corrected chi connectivity index (χ1v) is 4.44. The van der Waals surface area contributed by atoms with Crippen molar-refractivity contribution in [2.24, 2.45) is 16.7 Å². The summed E-state index contributed by atoms with van der Waals surface area (Å²) in [5.41, 5.74) is 0.739. The third kappa shape index (κ3) is 0.390. The molecule has 1 heteroatoms. The van der Waals surface area contributed by atoms with Crippen LogP contribution in [-0.2, 0) is 4.79 Å². The second-order valence-corrected chi connectivity index (χ2v) is 4.48. The normalized spacial score (nSPS) is 57.9. The van der Waals surface area contributed by atoms with Gasteiger partial charge < -0.3 is 0 Å². The monoisotopic (exact) mass is 148 g/mol. The van der Waals surface area contributed by atoms with E-state index in [4.69, 9.17) is 0 Å². The van der Waals surface area contributed by atoms with Crippen molar-refractivity contribution in [1.29, 1.82) is 0 Å². The van der Waals surface area contributed by atoms with Crippen molar-refractivity contribution < 1.29 is 4.79 Å². The molecule has 2 fully saturated rings. The minimum atomic E-state index is 0.351. The van der Waals surface area contributed by atoms with Crippen molar-refractivity contribution in [3.05, 3.63) is 12.2 Å². The Labute approximate surface area is 66.5 Å². The molecule has 1 spiro atoms. The van der Waals surface area contributed by atoms with Gasteiger partial charge >= 0.3 is 0 Å². The van der Waals surface area contributed by atoms with Gasteiger partial charge in [0.25, 0.3) is 0 Å². The Balaban J connectivity index is 2.13. The maximum absolute atomic E-state index is 11.3. The van der Waals surface area contributed by atoms with Crippen molar-refractivity contribution in [2.45, 2.75) is 26.2 Å². The molecule has 11 heavy (non-hydrogen) atoms. The van der Waals surface area contributed by atoms with E-state index in [-0.39, 0.29) is 0 Å². The smallest absolute Gasteiger partial charge is 0.159 e. The molecule has 0 saturated heterocycles. The molecule has 3 rings (SSSR count). The number of carbonyl (C=O) groups excluding carboxylic acids is 1. The molecule has 2 saturated carbocycles. The summed E-state index contributed by atoms with van der Waals surface area (Å²) in [5.74, 6) is 0.788. The SMILES string of the molecule is CC12CCCC13C=CC(=O)C23. The Morgan fingerprint density at radius 2 is 2.36 bits per heavy atom. The lowest BCUT2D eigenvalue weighted by Crippen LogP contribution is -2.04. The van der Waals surface area contributed by atoms with Gasteiger partial charge in [-0.2, -0.15) is 0 Å². The minimum Gasteiger partial charge on any atom is -0.295 e. The van der Waals surface area contributed by atoms with Gasteiger partial charge in [-0.3, -0.25) is 4.79 Å². The molecule has 0 radical (unpaired) electrons. The Morgan fingerprint density at radius 3 is 3.00 bits per heavy atom. The van der Waals surface area contributed by atoms with Crippen LogP contribution in [0.15, 0.2) is 12.2 Å². The lowest BCUT2D eigenvalue weighted by Gasteiger charge is -2.06. The van der Waals surface area contributed by atoms with E-state index in [1.54, 1.807) is 6.08 Å². The molecule has 0 N–H and O–H groups in total. The number of fused-ring (bicyclic) bond motifs is 1. The van der Waals surface area contributed by atoms with Crippen molar-refractivity contribution in [3.8, 4) is 0 Å². The van der Waals surface area contributed by atoms with Crippen molar-refractivity contribution in [2.75, 3.05) is 0 Å². The molecule has 0 heterocycles. The van der Waals surface area contributed by atoms with Crippen molar-refractivity contribution in [1.82, 2.24) is 0 Å². The van der Waals surface area contributed by atoms with Gasteiger partial charge in [0.15, 0.2) is 5.78 Å². The van der Waals surface area contributed by atoms with Gasteiger partial charge in [-0.1, -0.05) is 19.4 Å². The van der Waals surface area contributed by atoms with Gasteiger partial charge in [0.2, 0.25) is 0 Å². The first-order valence-electron chi connectivity index (χ1n) is 4.44. The number of hydrogen-bond donors (Lipinski definition) is 0. The lowest BCUT2D eigenvalue weighted by atomic mass is 9.97. The fourth-order valence-electron chi connectivity index (χ4n) is 3.61. The summed E-state index contributed by atoms with van der Waals surface area (Å²) in [6, 6.07) is 0. The lowest BCUT2D eigenvalue weighted by molar-refractivity contribution is -0.116. The predicted octanol–water partition coefficient (Wildman–Crippen LogP) is 1.93. The van der Waals surface area contributed by atoms with Crippen LogP contribution in [0.2, 0.25) is 0 Å². The molecule has 0 amide bonds. The molecule has 3 aliphatic carbocycles. The Morgan fingerprint density at radius 1 is 1.55 bits per heavy atom. The van der Waals surface area contributed by atoms with Crippen LogP contribution in [-0.4, -0.2) is 5.78 Å². The van der Waals surface area contributed by atoms with E-state index in [1.807, 2.05) is 0 Å². The van der Waals surface area contributed by atoms with E-state index >= 15 is 0 Å². The second kappa shape index (κ2) is 1.33. The van der Waals surface area contributed by atoms with Gasteiger partial charge in [-0.25, -0.2) is 0 Å². The molecule has 0 bridgehead atoms. The van der Waals surface area contributed by atoms with E-state index in [9.17, 15) is 4.79 Å². The number of allylic oxidation sites excluding steroid dienone is 2. The average molecular weight is 148 g/mol. The van der Waals surface area contributed by atoms with Gasteiger partial charge in [0.1, 0.15) is 0 Å². The number of ketones is 1. The third-order valence-electron chi connectivity index (χ3n) is 4.25. The van der Waals surface area contributed by atoms with E-state index in [0.717, 1.165) is 0 Å². The Kier molecular flexibility index (Phi) is 0.721. The molecule has 0 aliphatic heterocycles. The summed E-state index contributed by atoms with van der Waals surface area (Å²) in [5, 5.41) is 0. The molecule has 3 atom stereocenters. The summed E-state index contributed by atoms with van der Waals surface area (Å²) in [6.07, 6.45) is 7.85. The summed E-state index contributed by atoms with van der Waals surface area (Å²) in [6.45, 7) is 2.28. The van der Waals surface area contributed by atoms with Gasteiger partial charge in [-0.15, -0.1) is 0 Å². The largest absolute Gasteiger partial charge is 0.295 e. The van der Waals surface area contributed by atoms with Crippen LogP contribution in [0, 0.1) is 16.7 Å². The first kappa shape index (κ1) is 5.99. The van der Waals surface area contributed by atoms with Gasteiger partial charge in [0, 0.05) is 11.3 Å². The molecule has 0 aromatic rings. The molecule has 0 aromatic heterocycles. The van der Waals surface area contributed by atoms with Gasteiger partial charge in [-0.05, 0) is 24.3 Å². The second-order valence-electron chi connectivity index (χ2n) is 4.48. The minimum absolute atomic E-state index is 0.351. The Bertz CT molecular complexity index is 279. The molecule has 0 aromatic carbocycles. The van der Waals surface area contributed by atoms with E-state index in [0.29, 0.717) is 22.5 Å². The van der Waals surface area contributed by atoms with E-state index in [2.05, 4.69) is 13.0 Å². The molecule has 1 nitrogen and oxygen atoms in total. The first-order chi connectivity index (χ1) is 5.21. The highest BCUT2D eigenvalue weighted by Crippen LogP contribution is 2.80. The van der Waals surface area contributed by atoms with E-state index < -0.39 is 0 Å². The van der Waals surface area contributed by atoms with Crippen molar-refractivity contribution >= 4 is 5.78 Å². The molecular formula is C10H12O. The van der Waals surface area contributed by atoms with Crippen LogP contribution < -0.4 is 0 Å². The summed E-state index contributed by atoms with van der Waals surface area (Å²) < 4.78 is 0. The molecule has 3 aliphatic rings. The highest BCUT2D eigenvalue weighted by molar-refractivity contribution is 6.00. The average Bonchev–Trinajstić information content (AvgIpc) is 2.32. The van der Waals surface area contributed by atoms with Crippen LogP contribution in [0.25, 0.3) is 0 Å². The predicted molar refractivity (Wildman–Crippen MR) is 42.0 cm³/mol. The Hall–Kier alpha value is -0.590. The van der Waals surface area contributed by atoms with Crippen LogP contribution >= 0.6 is 0 Å². The highest BCUT2D eigenvalue weighted by Gasteiger charge is 2.77. The fraction of sp³-hybridized carbons (Fsp3) is 0.700. The zero-order chi connectivity index (χ0) is 7.69. The van der Waals surface area contributed by atoms with Crippen LogP contribution in [0.5, 0.6) is 0 Å². The summed E-state index contributed by atoms with van der Waals surface area (Å²) in [7, 11) is 0. The number of rotatable bonds is 0. The molecular weight excluding hydrogens is 136 g/mol. The fourth-order valence-corrected chi connectivity index (χ4v) is 3.61. The zero-order valence-corrected chi connectivity index (χ0v) is 6.76. The van der Waals surface area contributed by atoms with Crippen molar-refractivity contribution in [3.63, 3.8) is 0 Å². The maximum Gasteiger partial charge on any atom is 0.159 e.